The minimum atomic E-state index is -0.668. The number of ether oxygens (including phenoxy) is 3. The zero-order chi connectivity index (χ0) is 18.8. The maximum atomic E-state index is 12.4. The minimum Gasteiger partial charge on any atom is -0.466 e. The van der Waals surface area contributed by atoms with Gasteiger partial charge in [0.1, 0.15) is 12.4 Å². The van der Waals surface area contributed by atoms with Crippen LogP contribution in [0.2, 0.25) is 0 Å². The Hall–Kier alpha value is -2.87. The van der Waals surface area contributed by atoms with E-state index in [9.17, 15) is 14.4 Å². The number of carbonyl (C=O) groups excluding carboxylic acids is 3. The van der Waals surface area contributed by atoms with Gasteiger partial charge in [0, 0.05) is 13.5 Å². The van der Waals surface area contributed by atoms with E-state index < -0.39 is 11.9 Å². The first-order valence-electron chi connectivity index (χ1n) is 8.14. The molecule has 0 saturated carbocycles. The highest BCUT2D eigenvalue weighted by Gasteiger charge is 2.36. The van der Waals surface area contributed by atoms with Crippen molar-refractivity contribution in [2.45, 2.75) is 13.3 Å². The Balaban J connectivity index is 2.17. The summed E-state index contributed by atoms with van der Waals surface area (Å²) in [6.07, 6.45) is 0.721. The Morgan fingerprint density at radius 1 is 1.12 bits per heavy atom. The van der Waals surface area contributed by atoms with Crippen molar-refractivity contribution < 1.29 is 28.6 Å². The van der Waals surface area contributed by atoms with Crippen molar-refractivity contribution in [1.82, 2.24) is 0 Å². The Kier molecular flexibility index (Phi) is 4.94. The van der Waals surface area contributed by atoms with E-state index in [0.29, 0.717) is 12.2 Å². The van der Waals surface area contributed by atoms with Gasteiger partial charge in [-0.05, 0) is 18.1 Å². The van der Waals surface area contributed by atoms with Gasteiger partial charge in [-0.2, -0.15) is 0 Å². The van der Waals surface area contributed by atoms with Crippen molar-refractivity contribution in [3.63, 3.8) is 0 Å². The molecule has 0 bridgehead atoms. The standard InChI is InChI=1S/C18H20N2O6/c1-11(21)19-8-7-12-5-4-6-14(15(12)19)20-10-26-9-13(17(22)24-2)16(20)18(23)25-3/h4-6H,7-10H2,1-3H3. The normalized spacial score (nSPS) is 16.4. The molecule has 8 heteroatoms. The number of hydrogen-bond donors (Lipinski definition) is 0. The van der Waals surface area contributed by atoms with Gasteiger partial charge in [-0.1, -0.05) is 12.1 Å². The Morgan fingerprint density at radius 2 is 1.85 bits per heavy atom. The lowest BCUT2D eigenvalue weighted by Crippen LogP contribution is -2.39. The number of benzene rings is 1. The zero-order valence-electron chi connectivity index (χ0n) is 14.9. The summed E-state index contributed by atoms with van der Waals surface area (Å²) < 4.78 is 15.2. The number of fused-ring (bicyclic) bond motifs is 1. The number of nitrogens with zero attached hydrogens (tertiary/aromatic N) is 2. The van der Waals surface area contributed by atoms with Gasteiger partial charge in [0.2, 0.25) is 5.91 Å². The highest BCUT2D eigenvalue weighted by molar-refractivity contribution is 6.05. The lowest BCUT2D eigenvalue weighted by atomic mass is 10.1. The van der Waals surface area contributed by atoms with E-state index in [1.165, 1.54) is 21.1 Å². The predicted molar refractivity (Wildman–Crippen MR) is 92.5 cm³/mol. The van der Waals surface area contributed by atoms with E-state index in [1.807, 2.05) is 12.1 Å². The maximum Gasteiger partial charge on any atom is 0.355 e. The number of amides is 1. The number of hydrogen-bond acceptors (Lipinski definition) is 7. The molecule has 2 aliphatic rings. The largest absolute Gasteiger partial charge is 0.466 e. The number of esters is 2. The van der Waals surface area contributed by atoms with Crippen LogP contribution in [0.5, 0.6) is 0 Å². The van der Waals surface area contributed by atoms with Crippen molar-refractivity contribution in [2.75, 3.05) is 43.9 Å². The minimum absolute atomic E-state index is 0.0487. The molecule has 26 heavy (non-hydrogen) atoms. The summed E-state index contributed by atoms with van der Waals surface area (Å²) >= 11 is 0. The van der Waals surface area contributed by atoms with Gasteiger partial charge in [0.05, 0.1) is 37.8 Å². The number of para-hydroxylation sites is 1. The SMILES string of the molecule is COC(=O)C1=C(C(=O)OC)N(c2cccc3c2N(C(C)=O)CC3)COC1. The number of rotatable bonds is 3. The Labute approximate surface area is 150 Å². The highest BCUT2D eigenvalue weighted by Crippen LogP contribution is 2.40. The predicted octanol–water partition coefficient (Wildman–Crippen LogP) is 0.990. The molecule has 0 atom stereocenters. The molecular formula is C18H20N2O6. The van der Waals surface area contributed by atoms with E-state index >= 15 is 0 Å². The van der Waals surface area contributed by atoms with Gasteiger partial charge in [-0.3, -0.25) is 4.79 Å². The maximum absolute atomic E-state index is 12.4. The molecule has 1 aromatic carbocycles. The first-order valence-corrected chi connectivity index (χ1v) is 8.14. The average Bonchev–Trinajstić information content (AvgIpc) is 3.10. The van der Waals surface area contributed by atoms with Gasteiger partial charge in [0.25, 0.3) is 0 Å². The molecule has 0 aliphatic carbocycles. The average molecular weight is 360 g/mol. The van der Waals surface area contributed by atoms with Crippen LogP contribution in [0.15, 0.2) is 29.5 Å². The Morgan fingerprint density at radius 3 is 2.50 bits per heavy atom. The van der Waals surface area contributed by atoms with Crippen LogP contribution in [0.1, 0.15) is 12.5 Å². The van der Waals surface area contributed by atoms with Crippen LogP contribution >= 0.6 is 0 Å². The summed E-state index contributed by atoms with van der Waals surface area (Å²) in [6, 6.07) is 5.57. The van der Waals surface area contributed by atoms with Crippen LogP contribution in [-0.2, 0) is 35.0 Å². The fraction of sp³-hybridized carbons (Fsp3) is 0.389. The van der Waals surface area contributed by atoms with Crippen molar-refractivity contribution in [2.24, 2.45) is 0 Å². The summed E-state index contributed by atoms with van der Waals surface area (Å²) in [7, 11) is 2.48. The summed E-state index contributed by atoms with van der Waals surface area (Å²) in [5.74, 6) is -1.42. The molecule has 0 aromatic heterocycles. The first-order chi connectivity index (χ1) is 12.5. The van der Waals surface area contributed by atoms with Crippen LogP contribution in [-0.4, -0.2) is 51.9 Å². The molecule has 2 heterocycles. The topological polar surface area (TPSA) is 85.4 Å². The quantitative estimate of drug-likeness (QED) is 0.743. The summed E-state index contributed by atoms with van der Waals surface area (Å²) in [5, 5.41) is 0. The van der Waals surface area contributed by atoms with E-state index in [-0.39, 0.29) is 30.5 Å². The van der Waals surface area contributed by atoms with Crippen molar-refractivity contribution in [1.29, 1.82) is 0 Å². The molecule has 8 nitrogen and oxygen atoms in total. The molecule has 1 aromatic rings. The Bertz CT molecular complexity index is 801. The highest BCUT2D eigenvalue weighted by atomic mass is 16.5. The molecule has 0 fully saturated rings. The number of carbonyl (C=O) groups is 3. The molecule has 0 spiro atoms. The van der Waals surface area contributed by atoms with Crippen LogP contribution in [0, 0.1) is 0 Å². The monoisotopic (exact) mass is 360 g/mol. The second kappa shape index (κ2) is 7.17. The molecule has 2 aliphatic heterocycles. The lowest BCUT2D eigenvalue weighted by Gasteiger charge is -2.33. The number of anilines is 2. The fourth-order valence-electron chi connectivity index (χ4n) is 3.30. The van der Waals surface area contributed by atoms with Crippen LogP contribution in [0.4, 0.5) is 11.4 Å². The molecule has 3 rings (SSSR count). The lowest BCUT2D eigenvalue weighted by molar-refractivity contribution is -0.140. The van der Waals surface area contributed by atoms with Crippen LogP contribution in [0.25, 0.3) is 0 Å². The van der Waals surface area contributed by atoms with Crippen molar-refractivity contribution >= 4 is 29.2 Å². The molecule has 0 saturated heterocycles. The van der Waals surface area contributed by atoms with E-state index in [2.05, 4.69) is 0 Å². The third-order valence-corrected chi connectivity index (χ3v) is 4.48. The molecule has 0 unspecified atom stereocenters. The van der Waals surface area contributed by atoms with Gasteiger partial charge in [-0.15, -0.1) is 0 Å². The van der Waals surface area contributed by atoms with Crippen molar-refractivity contribution in [3.05, 3.63) is 35.0 Å². The molecule has 0 N–H and O–H groups in total. The van der Waals surface area contributed by atoms with E-state index in [1.54, 1.807) is 15.9 Å². The molecule has 0 radical (unpaired) electrons. The molecule has 138 valence electrons. The smallest absolute Gasteiger partial charge is 0.355 e. The van der Waals surface area contributed by atoms with Gasteiger partial charge >= 0.3 is 11.9 Å². The third kappa shape index (κ3) is 2.92. The second-order valence-corrected chi connectivity index (χ2v) is 5.92. The van der Waals surface area contributed by atoms with Gasteiger partial charge < -0.3 is 24.0 Å². The summed E-state index contributed by atoms with van der Waals surface area (Å²) in [6.45, 7) is 2.05. The fourth-order valence-corrected chi connectivity index (χ4v) is 3.30. The van der Waals surface area contributed by atoms with E-state index in [0.717, 1.165) is 17.7 Å². The molecule has 1 amide bonds. The summed E-state index contributed by atoms with van der Waals surface area (Å²) in [5.41, 5.74) is 2.46. The van der Waals surface area contributed by atoms with Crippen LogP contribution in [0.3, 0.4) is 0 Å². The summed E-state index contributed by atoms with van der Waals surface area (Å²) in [4.78, 5) is 39.8. The number of methoxy groups -OCH3 is 2. The van der Waals surface area contributed by atoms with Crippen LogP contribution < -0.4 is 9.80 Å². The third-order valence-electron chi connectivity index (χ3n) is 4.48. The van der Waals surface area contributed by atoms with Gasteiger partial charge in [-0.25, -0.2) is 9.59 Å². The molecular weight excluding hydrogens is 340 g/mol. The van der Waals surface area contributed by atoms with Crippen molar-refractivity contribution in [3.8, 4) is 0 Å². The first kappa shape index (κ1) is 17.9. The van der Waals surface area contributed by atoms with E-state index in [4.69, 9.17) is 14.2 Å². The second-order valence-electron chi connectivity index (χ2n) is 5.92. The zero-order valence-corrected chi connectivity index (χ0v) is 14.9. The van der Waals surface area contributed by atoms with Gasteiger partial charge in [0.15, 0.2) is 0 Å².